The van der Waals surface area contributed by atoms with Gasteiger partial charge >= 0.3 is 0 Å². The highest BCUT2D eigenvalue weighted by atomic mass is 15.2. The van der Waals surface area contributed by atoms with Gasteiger partial charge in [-0.25, -0.2) is 0 Å². The molecule has 2 nitrogen and oxygen atoms in total. The smallest absolute Gasteiger partial charge is 0.0110 e. The van der Waals surface area contributed by atoms with Crippen molar-refractivity contribution in [2.75, 3.05) is 19.6 Å². The number of unbranched alkanes of at least 4 members (excludes halogenated alkanes) is 4. The molecule has 1 unspecified atom stereocenters. The molecule has 0 saturated carbocycles. The van der Waals surface area contributed by atoms with Gasteiger partial charge in [0, 0.05) is 25.2 Å². The average Bonchev–Trinajstić information content (AvgIpc) is 2.37. The Kier molecular flexibility index (Phi) is 12.9. The summed E-state index contributed by atoms with van der Waals surface area (Å²) in [5.41, 5.74) is 0. The molecule has 0 aliphatic heterocycles. The lowest BCUT2D eigenvalue weighted by atomic mass is 10.1. The Bertz CT molecular complexity index is 180. The first-order chi connectivity index (χ1) is 9.11. The monoisotopic (exact) mass is 270 g/mol. The molecular weight excluding hydrogens is 232 g/mol. The molecule has 116 valence electrons. The molecule has 0 aromatic heterocycles. The third-order valence-corrected chi connectivity index (χ3v) is 3.91. The second kappa shape index (κ2) is 12.9. The third-order valence-electron chi connectivity index (χ3n) is 3.91. The van der Waals surface area contributed by atoms with Crippen LogP contribution in [0, 0.1) is 0 Å². The van der Waals surface area contributed by atoms with Crippen LogP contribution in [0.1, 0.15) is 79.6 Å². The molecule has 19 heavy (non-hydrogen) atoms. The quantitative estimate of drug-likeness (QED) is 0.498. The molecule has 0 rings (SSSR count). The van der Waals surface area contributed by atoms with Crippen LogP contribution in [0.2, 0.25) is 0 Å². The van der Waals surface area contributed by atoms with E-state index in [1.165, 1.54) is 58.0 Å². The van der Waals surface area contributed by atoms with Gasteiger partial charge in [0.15, 0.2) is 0 Å². The molecule has 1 atom stereocenters. The Labute approximate surface area is 122 Å². The minimum absolute atomic E-state index is 0.675. The maximum atomic E-state index is 3.68. The standard InChI is InChI=1S/C17H38N2/c1-6-8-10-12-17(5)18-13-15-19(16(3)4)14-11-9-7-2/h16-18H,6-15H2,1-5H3. The van der Waals surface area contributed by atoms with Gasteiger partial charge < -0.3 is 5.32 Å². The Balaban J connectivity index is 3.67. The van der Waals surface area contributed by atoms with Crippen molar-refractivity contribution in [3.63, 3.8) is 0 Å². The van der Waals surface area contributed by atoms with E-state index in [2.05, 4.69) is 44.8 Å². The molecule has 1 N–H and O–H groups in total. The lowest BCUT2D eigenvalue weighted by Crippen LogP contribution is -2.39. The van der Waals surface area contributed by atoms with Crippen molar-refractivity contribution in [3.8, 4) is 0 Å². The first kappa shape index (κ1) is 18.9. The molecule has 0 aliphatic carbocycles. The van der Waals surface area contributed by atoms with Gasteiger partial charge in [-0.15, -0.1) is 0 Å². The molecule has 0 heterocycles. The zero-order valence-electron chi connectivity index (χ0n) is 14.2. The van der Waals surface area contributed by atoms with Crippen molar-refractivity contribution in [1.82, 2.24) is 10.2 Å². The van der Waals surface area contributed by atoms with Crippen LogP contribution >= 0.6 is 0 Å². The van der Waals surface area contributed by atoms with Crippen LogP contribution in [0.4, 0.5) is 0 Å². The van der Waals surface area contributed by atoms with E-state index in [1.54, 1.807) is 0 Å². The molecule has 0 aromatic carbocycles. The third kappa shape index (κ3) is 11.4. The lowest BCUT2D eigenvalue weighted by Gasteiger charge is -2.27. The molecule has 0 radical (unpaired) electrons. The van der Waals surface area contributed by atoms with Crippen LogP contribution in [0.15, 0.2) is 0 Å². The van der Waals surface area contributed by atoms with Gasteiger partial charge in [-0.3, -0.25) is 4.90 Å². The Morgan fingerprint density at radius 1 is 0.842 bits per heavy atom. The summed E-state index contributed by atoms with van der Waals surface area (Å²) in [6.45, 7) is 15.1. The number of hydrogen-bond acceptors (Lipinski definition) is 2. The first-order valence-electron chi connectivity index (χ1n) is 8.59. The van der Waals surface area contributed by atoms with Crippen LogP contribution in [-0.2, 0) is 0 Å². The Hall–Kier alpha value is -0.0800. The van der Waals surface area contributed by atoms with E-state index < -0.39 is 0 Å². The molecule has 0 aromatic rings. The van der Waals surface area contributed by atoms with Gasteiger partial charge in [0.2, 0.25) is 0 Å². The molecule has 0 spiro atoms. The maximum Gasteiger partial charge on any atom is 0.0110 e. The average molecular weight is 271 g/mol. The summed E-state index contributed by atoms with van der Waals surface area (Å²) in [4.78, 5) is 2.61. The molecule has 0 fully saturated rings. The lowest BCUT2D eigenvalue weighted by molar-refractivity contribution is 0.214. The first-order valence-corrected chi connectivity index (χ1v) is 8.59. The van der Waals surface area contributed by atoms with Crippen molar-refractivity contribution in [3.05, 3.63) is 0 Å². The zero-order chi connectivity index (χ0) is 14.5. The Morgan fingerprint density at radius 2 is 1.47 bits per heavy atom. The van der Waals surface area contributed by atoms with E-state index in [4.69, 9.17) is 0 Å². The highest BCUT2D eigenvalue weighted by Crippen LogP contribution is 2.04. The van der Waals surface area contributed by atoms with E-state index >= 15 is 0 Å². The minimum atomic E-state index is 0.675. The highest BCUT2D eigenvalue weighted by molar-refractivity contribution is 4.67. The highest BCUT2D eigenvalue weighted by Gasteiger charge is 2.09. The molecule has 0 amide bonds. The van der Waals surface area contributed by atoms with Crippen LogP contribution in [0.3, 0.4) is 0 Å². The maximum absolute atomic E-state index is 3.68. The van der Waals surface area contributed by atoms with Crippen molar-refractivity contribution >= 4 is 0 Å². The molecule has 0 aliphatic rings. The SMILES string of the molecule is CCCCCC(C)NCCN(CCCCC)C(C)C. The van der Waals surface area contributed by atoms with Crippen LogP contribution in [0.5, 0.6) is 0 Å². The summed E-state index contributed by atoms with van der Waals surface area (Å²) in [6.07, 6.45) is 9.43. The summed E-state index contributed by atoms with van der Waals surface area (Å²) in [6, 6.07) is 1.35. The van der Waals surface area contributed by atoms with Crippen molar-refractivity contribution in [2.45, 2.75) is 91.6 Å². The van der Waals surface area contributed by atoms with Gasteiger partial charge in [0.1, 0.15) is 0 Å². The number of nitrogens with zero attached hydrogens (tertiary/aromatic N) is 1. The van der Waals surface area contributed by atoms with Crippen molar-refractivity contribution in [2.24, 2.45) is 0 Å². The fourth-order valence-corrected chi connectivity index (χ4v) is 2.45. The summed E-state index contributed by atoms with van der Waals surface area (Å²) >= 11 is 0. The molecular formula is C17H38N2. The number of nitrogens with one attached hydrogen (secondary N) is 1. The van der Waals surface area contributed by atoms with Gasteiger partial charge in [0.05, 0.1) is 0 Å². The minimum Gasteiger partial charge on any atom is -0.313 e. The number of rotatable bonds is 13. The van der Waals surface area contributed by atoms with Crippen molar-refractivity contribution in [1.29, 1.82) is 0 Å². The van der Waals surface area contributed by atoms with E-state index in [9.17, 15) is 0 Å². The van der Waals surface area contributed by atoms with E-state index in [1.807, 2.05) is 0 Å². The second-order valence-electron chi connectivity index (χ2n) is 6.19. The van der Waals surface area contributed by atoms with Gasteiger partial charge in [-0.2, -0.15) is 0 Å². The van der Waals surface area contributed by atoms with Crippen LogP contribution in [-0.4, -0.2) is 36.6 Å². The molecule has 0 bridgehead atoms. The van der Waals surface area contributed by atoms with Gasteiger partial charge in [0.25, 0.3) is 0 Å². The molecule has 0 saturated heterocycles. The van der Waals surface area contributed by atoms with Crippen molar-refractivity contribution < 1.29 is 0 Å². The topological polar surface area (TPSA) is 15.3 Å². The summed E-state index contributed by atoms with van der Waals surface area (Å²) < 4.78 is 0. The fraction of sp³-hybridized carbons (Fsp3) is 1.00. The number of hydrogen-bond donors (Lipinski definition) is 1. The Morgan fingerprint density at radius 3 is 2.05 bits per heavy atom. The van der Waals surface area contributed by atoms with E-state index in [0.29, 0.717) is 12.1 Å². The van der Waals surface area contributed by atoms with E-state index in [-0.39, 0.29) is 0 Å². The summed E-state index contributed by atoms with van der Waals surface area (Å²) in [7, 11) is 0. The predicted molar refractivity (Wildman–Crippen MR) is 87.8 cm³/mol. The predicted octanol–water partition coefficient (Wildman–Crippen LogP) is 4.45. The normalized spacial score (nSPS) is 13.4. The second-order valence-corrected chi connectivity index (χ2v) is 6.19. The summed E-state index contributed by atoms with van der Waals surface area (Å²) in [5.74, 6) is 0. The summed E-state index contributed by atoms with van der Waals surface area (Å²) in [5, 5.41) is 3.68. The van der Waals surface area contributed by atoms with Gasteiger partial charge in [-0.05, 0) is 40.2 Å². The van der Waals surface area contributed by atoms with Gasteiger partial charge in [-0.1, -0.05) is 46.0 Å². The van der Waals surface area contributed by atoms with E-state index in [0.717, 1.165) is 6.54 Å². The molecule has 2 heteroatoms. The van der Waals surface area contributed by atoms with Crippen LogP contribution < -0.4 is 5.32 Å². The largest absolute Gasteiger partial charge is 0.313 e. The van der Waals surface area contributed by atoms with Crippen LogP contribution in [0.25, 0.3) is 0 Å². The zero-order valence-corrected chi connectivity index (χ0v) is 14.2. The fourth-order valence-electron chi connectivity index (χ4n) is 2.45.